The summed E-state index contributed by atoms with van der Waals surface area (Å²) in [6.45, 7) is 0. The first-order valence-electron chi connectivity index (χ1n) is 5.22. The second-order valence-electron chi connectivity index (χ2n) is 3.58. The third-order valence-corrected chi connectivity index (χ3v) is 2.31. The fourth-order valence-corrected chi connectivity index (χ4v) is 1.37. The molecule has 90 valence electrons. The summed E-state index contributed by atoms with van der Waals surface area (Å²) in [6.07, 6.45) is 0.690. The fourth-order valence-electron chi connectivity index (χ4n) is 1.37. The molecule has 0 saturated carbocycles. The highest BCUT2D eigenvalue weighted by Gasteiger charge is 2.08. The van der Waals surface area contributed by atoms with Crippen molar-refractivity contribution in [1.82, 2.24) is 0 Å². The number of hydrogen-bond acceptors (Lipinski definition) is 3. The molecule has 0 aromatic heterocycles. The Kier molecular flexibility index (Phi) is 3.48. The van der Waals surface area contributed by atoms with Crippen molar-refractivity contribution in [2.45, 2.75) is 0 Å². The molecule has 0 heterocycles. The van der Waals surface area contributed by atoms with Gasteiger partial charge in [-0.3, -0.25) is 4.79 Å². The van der Waals surface area contributed by atoms with E-state index in [1.165, 1.54) is 48.5 Å². The quantitative estimate of drug-likeness (QED) is 0.473. The molecule has 0 aliphatic heterocycles. The molecule has 0 aliphatic carbocycles. The van der Waals surface area contributed by atoms with E-state index in [9.17, 15) is 14.0 Å². The molecule has 0 aliphatic rings. The van der Waals surface area contributed by atoms with E-state index in [0.717, 1.165) is 0 Å². The van der Waals surface area contributed by atoms with E-state index < -0.39 is 11.8 Å². The van der Waals surface area contributed by atoms with Gasteiger partial charge in [0.05, 0.1) is 5.56 Å². The van der Waals surface area contributed by atoms with Crippen LogP contribution < -0.4 is 4.74 Å². The molecule has 0 radical (unpaired) electrons. The van der Waals surface area contributed by atoms with Crippen LogP contribution in [0.2, 0.25) is 0 Å². The molecule has 2 aromatic rings. The molecule has 2 rings (SSSR count). The van der Waals surface area contributed by atoms with Crippen molar-refractivity contribution in [3.8, 4) is 5.75 Å². The molecule has 0 saturated heterocycles. The Hall–Kier alpha value is -2.49. The molecule has 3 nitrogen and oxygen atoms in total. The van der Waals surface area contributed by atoms with Crippen molar-refractivity contribution >= 4 is 12.3 Å². The van der Waals surface area contributed by atoms with E-state index >= 15 is 0 Å². The number of hydrogen-bond donors (Lipinski definition) is 0. The summed E-state index contributed by atoms with van der Waals surface area (Å²) in [4.78, 5) is 22.2. The van der Waals surface area contributed by atoms with Gasteiger partial charge in [-0.15, -0.1) is 0 Å². The number of ether oxygens (including phenoxy) is 1. The van der Waals surface area contributed by atoms with Gasteiger partial charge in [-0.2, -0.15) is 0 Å². The second-order valence-corrected chi connectivity index (χ2v) is 3.58. The van der Waals surface area contributed by atoms with Crippen molar-refractivity contribution in [3.05, 3.63) is 65.5 Å². The molecule has 0 unspecified atom stereocenters. The van der Waals surface area contributed by atoms with Crippen LogP contribution in [-0.2, 0) is 0 Å². The highest BCUT2D eigenvalue weighted by atomic mass is 19.1. The molecular formula is C14H9FO3. The highest BCUT2D eigenvalue weighted by molar-refractivity contribution is 5.91. The maximum atomic E-state index is 12.7. The van der Waals surface area contributed by atoms with Crippen LogP contribution in [-0.4, -0.2) is 12.3 Å². The first-order valence-corrected chi connectivity index (χ1v) is 5.22. The van der Waals surface area contributed by atoms with Crippen LogP contribution in [0, 0.1) is 5.82 Å². The molecule has 0 atom stereocenters. The predicted octanol–water partition coefficient (Wildman–Crippen LogP) is 2.86. The number of carbonyl (C=O) groups is 2. The van der Waals surface area contributed by atoms with Crippen molar-refractivity contribution in [3.63, 3.8) is 0 Å². The Labute approximate surface area is 103 Å². The van der Waals surface area contributed by atoms with Crippen LogP contribution in [0.3, 0.4) is 0 Å². The first kappa shape index (κ1) is 12.0. The highest BCUT2D eigenvalue weighted by Crippen LogP contribution is 2.13. The first-order chi connectivity index (χ1) is 8.69. The lowest BCUT2D eigenvalue weighted by molar-refractivity contribution is 0.0734. The second kappa shape index (κ2) is 5.23. The predicted molar refractivity (Wildman–Crippen MR) is 63.2 cm³/mol. The Balaban J connectivity index is 2.11. The summed E-state index contributed by atoms with van der Waals surface area (Å²) >= 11 is 0. The molecule has 2 aromatic carbocycles. The number of esters is 1. The van der Waals surface area contributed by atoms with Gasteiger partial charge < -0.3 is 4.74 Å². The molecule has 0 spiro atoms. The van der Waals surface area contributed by atoms with Gasteiger partial charge in [0.15, 0.2) is 0 Å². The third-order valence-electron chi connectivity index (χ3n) is 2.31. The standard InChI is InChI=1S/C14H9FO3/c15-12-5-7-13(8-6-12)18-14(17)11-3-1-10(9-16)2-4-11/h1-9H. The van der Waals surface area contributed by atoms with Gasteiger partial charge >= 0.3 is 5.97 Å². The van der Waals surface area contributed by atoms with Gasteiger partial charge in [-0.1, -0.05) is 12.1 Å². The minimum atomic E-state index is -0.556. The van der Waals surface area contributed by atoms with E-state index in [0.29, 0.717) is 17.4 Å². The Morgan fingerprint density at radius 2 is 1.61 bits per heavy atom. The molecule has 0 N–H and O–H groups in total. The maximum absolute atomic E-state index is 12.7. The number of rotatable bonds is 3. The van der Waals surface area contributed by atoms with Gasteiger partial charge in [0.1, 0.15) is 17.9 Å². The number of halogens is 1. The van der Waals surface area contributed by atoms with E-state index in [2.05, 4.69) is 0 Å². The van der Waals surface area contributed by atoms with Crippen LogP contribution in [0.25, 0.3) is 0 Å². The normalized spacial score (nSPS) is 9.83. The molecule has 0 amide bonds. The van der Waals surface area contributed by atoms with Gasteiger partial charge in [0, 0.05) is 5.56 Å². The lowest BCUT2D eigenvalue weighted by atomic mass is 10.1. The number of aldehydes is 1. The van der Waals surface area contributed by atoms with Gasteiger partial charge in [-0.05, 0) is 36.4 Å². The molecular weight excluding hydrogens is 235 g/mol. The fraction of sp³-hybridized carbons (Fsp3) is 0. The zero-order valence-corrected chi connectivity index (χ0v) is 9.30. The summed E-state index contributed by atoms with van der Waals surface area (Å²) in [5.41, 5.74) is 0.804. The number of carbonyl (C=O) groups excluding carboxylic acids is 2. The van der Waals surface area contributed by atoms with Crippen molar-refractivity contribution < 1.29 is 18.7 Å². The number of benzene rings is 2. The summed E-state index contributed by atoms with van der Waals surface area (Å²) in [5, 5.41) is 0. The van der Waals surface area contributed by atoms with Crippen molar-refractivity contribution in [1.29, 1.82) is 0 Å². The molecule has 0 fully saturated rings. The van der Waals surface area contributed by atoms with Crippen LogP contribution in [0.15, 0.2) is 48.5 Å². The Morgan fingerprint density at radius 1 is 1.00 bits per heavy atom. The summed E-state index contributed by atoms with van der Waals surface area (Å²) in [5.74, 6) is -0.690. The molecule has 0 bridgehead atoms. The largest absolute Gasteiger partial charge is 0.423 e. The lowest BCUT2D eigenvalue weighted by Gasteiger charge is -2.04. The van der Waals surface area contributed by atoms with Gasteiger partial charge in [-0.25, -0.2) is 9.18 Å². The van der Waals surface area contributed by atoms with Gasteiger partial charge in [0.2, 0.25) is 0 Å². The average Bonchev–Trinajstić information content (AvgIpc) is 2.41. The monoisotopic (exact) mass is 244 g/mol. The van der Waals surface area contributed by atoms with Gasteiger partial charge in [0.25, 0.3) is 0 Å². The van der Waals surface area contributed by atoms with Crippen LogP contribution in [0.5, 0.6) is 5.75 Å². The smallest absolute Gasteiger partial charge is 0.343 e. The molecule has 4 heteroatoms. The minimum Gasteiger partial charge on any atom is -0.423 e. The zero-order chi connectivity index (χ0) is 13.0. The maximum Gasteiger partial charge on any atom is 0.343 e. The average molecular weight is 244 g/mol. The minimum absolute atomic E-state index is 0.265. The van der Waals surface area contributed by atoms with E-state index in [4.69, 9.17) is 4.74 Å². The summed E-state index contributed by atoms with van der Waals surface area (Å²) < 4.78 is 17.7. The summed E-state index contributed by atoms with van der Waals surface area (Å²) in [6, 6.07) is 11.2. The Bertz CT molecular complexity index is 559. The van der Waals surface area contributed by atoms with E-state index in [-0.39, 0.29) is 5.75 Å². The zero-order valence-electron chi connectivity index (χ0n) is 9.30. The Morgan fingerprint density at radius 3 is 2.17 bits per heavy atom. The topological polar surface area (TPSA) is 43.4 Å². The van der Waals surface area contributed by atoms with E-state index in [1.54, 1.807) is 0 Å². The van der Waals surface area contributed by atoms with E-state index in [1.807, 2.05) is 0 Å². The lowest BCUT2D eigenvalue weighted by Crippen LogP contribution is -2.08. The summed E-state index contributed by atoms with van der Waals surface area (Å²) in [7, 11) is 0. The SMILES string of the molecule is O=Cc1ccc(C(=O)Oc2ccc(F)cc2)cc1. The van der Waals surface area contributed by atoms with Crippen molar-refractivity contribution in [2.24, 2.45) is 0 Å². The van der Waals surface area contributed by atoms with Crippen LogP contribution in [0.1, 0.15) is 20.7 Å². The molecule has 18 heavy (non-hydrogen) atoms. The van der Waals surface area contributed by atoms with Crippen molar-refractivity contribution in [2.75, 3.05) is 0 Å². The van der Waals surface area contributed by atoms with Crippen LogP contribution in [0.4, 0.5) is 4.39 Å². The third kappa shape index (κ3) is 2.79. The van der Waals surface area contributed by atoms with Crippen LogP contribution >= 0.6 is 0 Å².